The van der Waals surface area contributed by atoms with Crippen molar-refractivity contribution in [2.75, 3.05) is 26.2 Å². The second-order valence-electron chi connectivity index (χ2n) is 8.47. The molecule has 4 aliphatic rings. The molecule has 1 aromatic carbocycles. The van der Waals surface area contributed by atoms with E-state index in [9.17, 15) is 4.79 Å². The van der Waals surface area contributed by atoms with E-state index in [1.807, 2.05) is 19.1 Å². The van der Waals surface area contributed by atoms with E-state index in [1.54, 1.807) is 11.3 Å². The van der Waals surface area contributed by atoms with Gasteiger partial charge in [-0.1, -0.05) is 6.42 Å². The lowest BCUT2D eigenvalue weighted by atomic mass is 9.83. The van der Waals surface area contributed by atoms with Crippen LogP contribution in [0.3, 0.4) is 0 Å². The summed E-state index contributed by atoms with van der Waals surface area (Å²) < 4.78 is 1.17. The van der Waals surface area contributed by atoms with Gasteiger partial charge >= 0.3 is 0 Å². The van der Waals surface area contributed by atoms with Gasteiger partial charge in [0.05, 0.1) is 15.2 Å². The van der Waals surface area contributed by atoms with Crippen molar-refractivity contribution in [1.29, 1.82) is 0 Å². The molecule has 2 aromatic rings. The summed E-state index contributed by atoms with van der Waals surface area (Å²) in [5.41, 5.74) is 1.76. The van der Waals surface area contributed by atoms with Crippen molar-refractivity contribution < 1.29 is 4.79 Å². The Bertz CT molecular complexity index is 828. The molecule has 2 bridgehead atoms. The minimum Gasteiger partial charge on any atom is -0.337 e. The summed E-state index contributed by atoms with van der Waals surface area (Å²) in [6.45, 7) is 6.29. The molecule has 1 saturated carbocycles. The molecule has 4 nitrogen and oxygen atoms in total. The Labute approximate surface area is 159 Å². The van der Waals surface area contributed by atoms with E-state index in [0.717, 1.165) is 35.1 Å². The van der Waals surface area contributed by atoms with Crippen LogP contribution in [0.25, 0.3) is 10.2 Å². The maximum atomic E-state index is 13.2. The fourth-order valence-electron chi connectivity index (χ4n) is 4.93. The van der Waals surface area contributed by atoms with Crippen LogP contribution in [0.2, 0.25) is 0 Å². The fraction of sp³-hybridized carbons (Fsp3) is 0.619. The Hall–Kier alpha value is -1.46. The van der Waals surface area contributed by atoms with Crippen molar-refractivity contribution in [2.24, 2.45) is 11.8 Å². The lowest BCUT2D eigenvalue weighted by Crippen LogP contribution is -2.47. The van der Waals surface area contributed by atoms with Crippen LogP contribution >= 0.6 is 11.3 Å². The van der Waals surface area contributed by atoms with Gasteiger partial charge in [0.15, 0.2) is 0 Å². The van der Waals surface area contributed by atoms with Gasteiger partial charge in [-0.25, -0.2) is 4.98 Å². The highest BCUT2D eigenvalue weighted by molar-refractivity contribution is 7.18. The second-order valence-corrected chi connectivity index (χ2v) is 9.71. The number of aromatic nitrogens is 1. The van der Waals surface area contributed by atoms with Gasteiger partial charge in [-0.2, -0.15) is 0 Å². The normalized spacial score (nSPS) is 26.9. The van der Waals surface area contributed by atoms with Crippen LogP contribution in [-0.4, -0.2) is 52.9 Å². The van der Waals surface area contributed by atoms with Crippen molar-refractivity contribution in [1.82, 2.24) is 14.8 Å². The molecule has 4 fully saturated rings. The van der Waals surface area contributed by atoms with Gasteiger partial charge in [-0.05, 0) is 62.6 Å². The van der Waals surface area contributed by atoms with Crippen LogP contribution in [-0.2, 0) is 0 Å². The Morgan fingerprint density at radius 3 is 2.88 bits per heavy atom. The summed E-state index contributed by atoms with van der Waals surface area (Å²) in [5, 5.41) is 1.06. The summed E-state index contributed by atoms with van der Waals surface area (Å²) in [5.74, 6) is 1.75. The number of carbonyl (C=O) groups excluding carboxylic acids is 1. The van der Waals surface area contributed by atoms with Crippen LogP contribution in [0.5, 0.6) is 0 Å². The first-order chi connectivity index (χ1) is 12.7. The molecule has 1 aliphatic carbocycles. The molecule has 0 unspecified atom stereocenters. The first-order valence-electron chi connectivity index (χ1n) is 10.1. The maximum Gasteiger partial charge on any atom is 0.253 e. The number of fused-ring (bicyclic) bond motifs is 5. The maximum absolute atomic E-state index is 13.2. The van der Waals surface area contributed by atoms with Gasteiger partial charge in [0.1, 0.15) is 0 Å². The van der Waals surface area contributed by atoms with Crippen LogP contribution in [0.15, 0.2) is 18.2 Å². The van der Waals surface area contributed by atoms with Crippen molar-refractivity contribution in [3.8, 4) is 0 Å². The van der Waals surface area contributed by atoms with Crippen molar-refractivity contribution in [2.45, 2.75) is 45.1 Å². The van der Waals surface area contributed by atoms with Gasteiger partial charge in [0.2, 0.25) is 0 Å². The third-order valence-corrected chi connectivity index (χ3v) is 7.52. The van der Waals surface area contributed by atoms with Crippen LogP contribution < -0.4 is 0 Å². The number of carbonyl (C=O) groups is 1. The average molecular weight is 370 g/mol. The zero-order valence-electron chi connectivity index (χ0n) is 15.5. The summed E-state index contributed by atoms with van der Waals surface area (Å²) in [6, 6.07) is 6.59. The number of hydrogen-bond donors (Lipinski definition) is 0. The number of piperidine rings is 1. The number of nitrogens with zero attached hydrogens (tertiary/aromatic N) is 3. The third-order valence-electron chi connectivity index (χ3n) is 6.57. The molecular weight excluding hydrogens is 342 g/mol. The number of thiazole rings is 1. The average Bonchev–Trinajstić information content (AvgIpc) is 2.76. The molecule has 3 saturated heterocycles. The van der Waals surface area contributed by atoms with Gasteiger partial charge in [-0.3, -0.25) is 9.69 Å². The molecule has 0 radical (unpaired) electrons. The van der Waals surface area contributed by atoms with Gasteiger partial charge < -0.3 is 4.90 Å². The van der Waals surface area contributed by atoms with Crippen LogP contribution in [0.4, 0.5) is 0 Å². The molecule has 138 valence electrons. The molecule has 1 aromatic heterocycles. The van der Waals surface area contributed by atoms with E-state index < -0.39 is 0 Å². The molecule has 0 spiro atoms. The molecule has 2 atom stereocenters. The SMILES string of the molecule is Cc1nc2cc(C(=O)N3C[C@@H]4CC[C@H](C3)N(CC3CCC3)C4)ccc2s1. The Kier molecular flexibility index (Phi) is 4.24. The highest BCUT2D eigenvalue weighted by Gasteiger charge is 2.37. The Balaban J connectivity index is 1.34. The predicted molar refractivity (Wildman–Crippen MR) is 106 cm³/mol. The molecule has 6 rings (SSSR count). The molecule has 4 heterocycles. The van der Waals surface area contributed by atoms with Crippen molar-refractivity contribution in [3.63, 3.8) is 0 Å². The predicted octanol–water partition coefficient (Wildman–Crippen LogP) is 3.94. The molecule has 0 N–H and O–H groups in total. The lowest BCUT2D eigenvalue weighted by Gasteiger charge is -2.40. The van der Waals surface area contributed by atoms with Gasteiger partial charge in [0.25, 0.3) is 5.91 Å². The first-order valence-corrected chi connectivity index (χ1v) is 10.9. The van der Waals surface area contributed by atoms with Crippen molar-refractivity contribution in [3.05, 3.63) is 28.8 Å². The highest BCUT2D eigenvalue weighted by atomic mass is 32.1. The van der Waals surface area contributed by atoms with E-state index in [4.69, 9.17) is 0 Å². The summed E-state index contributed by atoms with van der Waals surface area (Å²) in [4.78, 5) is 22.6. The van der Waals surface area contributed by atoms with Gasteiger partial charge in [-0.15, -0.1) is 11.3 Å². The van der Waals surface area contributed by atoms with Crippen molar-refractivity contribution >= 4 is 27.5 Å². The molecule has 26 heavy (non-hydrogen) atoms. The standard InChI is InChI=1S/C21H27N3OS/c1-14-22-19-9-17(6-8-20(19)26-14)21(25)24-12-16-5-7-18(13-24)23(11-16)10-15-3-2-4-15/h6,8-9,15-16,18H,2-5,7,10-13H2,1H3/t16-,18-/m1/s1. The second kappa shape index (κ2) is 6.61. The third kappa shape index (κ3) is 3.05. The van der Waals surface area contributed by atoms with Crippen LogP contribution in [0.1, 0.15) is 47.5 Å². The quantitative estimate of drug-likeness (QED) is 0.822. The number of amides is 1. The number of rotatable bonds is 3. The smallest absolute Gasteiger partial charge is 0.253 e. The zero-order chi connectivity index (χ0) is 17.7. The Morgan fingerprint density at radius 2 is 2.08 bits per heavy atom. The number of hydrogen-bond acceptors (Lipinski definition) is 4. The summed E-state index contributed by atoms with van der Waals surface area (Å²) >= 11 is 1.69. The minimum atomic E-state index is 0.194. The highest BCUT2D eigenvalue weighted by Crippen LogP contribution is 2.33. The zero-order valence-corrected chi connectivity index (χ0v) is 16.3. The van der Waals surface area contributed by atoms with E-state index in [0.29, 0.717) is 12.0 Å². The summed E-state index contributed by atoms with van der Waals surface area (Å²) in [7, 11) is 0. The topological polar surface area (TPSA) is 36.4 Å². The van der Waals surface area contributed by atoms with E-state index in [1.165, 1.54) is 49.9 Å². The number of benzene rings is 1. The van der Waals surface area contributed by atoms with E-state index in [2.05, 4.69) is 20.9 Å². The summed E-state index contributed by atoms with van der Waals surface area (Å²) in [6.07, 6.45) is 6.76. The number of aryl methyl sites for hydroxylation is 1. The fourth-order valence-corrected chi connectivity index (χ4v) is 5.74. The van der Waals surface area contributed by atoms with Crippen LogP contribution in [0, 0.1) is 18.8 Å². The molecule has 3 aliphatic heterocycles. The Morgan fingerprint density at radius 1 is 1.19 bits per heavy atom. The molecule has 1 amide bonds. The lowest BCUT2D eigenvalue weighted by molar-refractivity contribution is 0.0717. The molecular formula is C21H27N3OS. The van der Waals surface area contributed by atoms with E-state index in [-0.39, 0.29) is 5.91 Å². The molecule has 5 heteroatoms. The largest absolute Gasteiger partial charge is 0.337 e. The van der Waals surface area contributed by atoms with Gasteiger partial charge in [0, 0.05) is 37.8 Å². The first kappa shape index (κ1) is 16.7. The minimum absolute atomic E-state index is 0.194. The monoisotopic (exact) mass is 369 g/mol. The van der Waals surface area contributed by atoms with E-state index >= 15 is 0 Å².